The fourth-order valence-corrected chi connectivity index (χ4v) is 2.25. The van der Waals surface area contributed by atoms with Gasteiger partial charge in [0.2, 0.25) is 0 Å². The van der Waals surface area contributed by atoms with Gasteiger partial charge in [-0.25, -0.2) is 0 Å². The highest BCUT2D eigenvalue weighted by Gasteiger charge is 2.17. The van der Waals surface area contributed by atoms with Gasteiger partial charge in [-0.15, -0.1) is 0 Å². The van der Waals surface area contributed by atoms with Crippen LogP contribution in [-0.4, -0.2) is 11.1 Å². The van der Waals surface area contributed by atoms with Crippen LogP contribution in [0.5, 0.6) is 0 Å². The van der Waals surface area contributed by atoms with Crippen LogP contribution in [0.25, 0.3) is 0 Å². The highest BCUT2D eigenvalue weighted by Crippen LogP contribution is 2.28. The number of rotatable bonds is 4. The lowest BCUT2D eigenvalue weighted by atomic mass is 9.89. The van der Waals surface area contributed by atoms with Crippen molar-refractivity contribution in [3.05, 3.63) is 70.2 Å². The Labute approximate surface area is 114 Å². The molecule has 0 saturated carbocycles. The van der Waals surface area contributed by atoms with Gasteiger partial charge in [0.1, 0.15) is 0 Å². The number of benzene rings is 2. The van der Waals surface area contributed by atoms with E-state index in [1.807, 2.05) is 54.6 Å². The van der Waals surface area contributed by atoms with E-state index in [9.17, 15) is 4.79 Å². The second kappa shape index (κ2) is 5.83. The van der Waals surface area contributed by atoms with Gasteiger partial charge in [0.15, 0.2) is 0 Å². The summed E-state index contributed by atoms with van der Waals surface area (Å²) < 4.78 is 0.994. The summed E-state index contributed by atoms with van der Waals surface area (Å²) in [5.74, 6) is -0.886. The predicted octanol–water partition coefficient (Wildman–Crippen LogP) is 4.06. The molecule has 0 unspecified atom stereocenters. The second-order valence-corrected chi connectivity index (χ2v) is 5.03. The lowest BCUT2D eigenvalue weighted by molar-refractivity contribution is -0.137. The summed E-state index contributed by atoms with van der Waals surface area (Å²) in [6, 6.07) is 17.5. The highest BCUT2D eigenvalue weighted by molar-refractivity contribution is 9.10. The van der Waals surface area contributed by atoms with Gasteiger partial charge in [0.05, 0.1) is 6.42 Å². The minimum atomic E-state index is -0.785. The maximum Gasteiger partial charge on any atom is 0.304 e. The molecule has 0 aliphatic rings. The molecule has 0 amide bonds. The second-order valence-electron chi connectivity index (χ2n) is 4.11. The Morgan fingerprint density at radius 2 is 1.56 bits per heavy atom. The van der Waals surface area contributed by atoms with Crippen molar-refractivity contribution in [1.29, 1.82) is 0 Å². The van der Waals surface area contributed by atoms with Crippen molar-refractivity contribution >= 4 is 21.9 Å². The number of carbonyl (C=O) groups is 1. The molecule has 2 nitrogen and oxygen atoms in total. The first-order chi connectivity index (χ1) is 8.66. The summed E-state index contributed by atoms with van der Waals surface area (Å²) in [5, 5.41) is 9.05. The number of carboxylic acid groups (broad SMARTS) is 1. The van der Waals surface area contributed by atoms with Crippen molar-refractivity contribution in [2.24, 2.45) is 0 Å². The molecule has 0 bridgehead atoms. The molecule has 2 rings (SSSR count). The summed E-state index contributed by atoms with van der Waals surface area (Å²) in [7, 11) is 0. The van der Waals surface area contributed by atoms with E-state index in [1.54, 1.807) is 0 Å². The number of hydrogen-bond acceptors (Lipinski definition) is 1. The van der Waals surface area contributed by atoms with Gasteiger partial charge < -0.3 is 5.11 Å². The number of halogens is 1. The third kappa shape index (κ3) is 3.20. The summed E-state index contributed by atoms with van der Waals surface area (Å²) in [6.45, 7) is 0. The minimum absolute atomic E-state index is 0.100. The summed E-state index contributed by atoms with van der Waals surface area (Å²) in [6.07, 6.45) is 0.103. The SMILES string of the molecule is O=C(O)C[C@H](c1ccccc1)c1ccc(Br)cc1. The first-order valence-corrected chi connectivity index (χ1v) is 6.48. The van der Waals surface area contributed by atoms with Crippen molar-refractivity contribution in [2.75, 3.05) is 0 Å². The van der Waals surface area contributed by atoms with Gasteiger partial charge in [-0.1, -0.05) is 58.4 Å². The molecule has 0 fully saturated rings. The maximum atomic E-state index is 11.0. The third-order valence-electron chi connectivity index (χ3n) is 2.85. The zero-order valence-electron chi connectivity index (χ0n) is 9.71. The van der Waals surface area contributed by atoms with E-state index in [4.69, 9.17) is 5.11 Å². The highest BCUT2D eigenvalue weighted by atomic mass is 79.9. The molecule has 1 atom stereocenters. The monoisotopic (exact) mass is 304 g/mol. The van der Waals surface area contributed by atoms with E-state index in [0.717, 1.165) is 15.6 Å². The Morgan fingerprint density at radius 3 is 2.11 bits per heavy atom. The van der Waals surface area contributed by atoms with Crippen LogP contribution in [0.15, 0.2) is 59.1 Å². The van der Waals surface area contributed by atoms with E-state index in [1.165, 1.54) is 0 Å². The molecule has 0 aliphatic heterocycles. The fourth-order valence-electron chi connectivity index (χ4n) is 1.98. The summed E-state index contributed by atoms with van der Waals surface area (Å²) >= 11 is 3.39. The summed E-state index contributed by atoms with van der Waals surface area (Å²) in [5.41, 5.74) is 2.05. The zero-order chi connectivity index (χ0) is 13.0. The predicted molar refractivity (Wildman–Crippen MR) is 74.7 cm³/mol. The Hall–Kier alpha value is -1.61. The van der Waals surface area contributed by atoms with Crippen LogP contribution in [0.2, 0.25) is 0 Å². The largest absolute Gasteiger partial charge is 0.481 e. The molecular formula is C15H13BrO2. The van der Waals surface area contributed by atoms with Gasteiger partial charge in [-0.05, 0) is 23.3 Å². The third-order valence-corrected chi connectivity index (χ3v) is 3.38. The van der Waals surface area contributed by atoms with Crippen molar-refractivity contribution in [3.63, 3.8) is 0 Å². The molecule has 0 saturated heterocycles. The van der Waals surface area contributed by atoms with Gasteiger partial charge in [0, 0.05) is 10.4 Å². The van der Waals surface area contributed by atoms with E-state index < -0.39 is 5.97 Å². The number of aliphatic carboxylic acids is 1. The van der Waals surface area contributed by atoms with Gasteiger partial charge in [-0.2, -0.15) is 0 Å². The van der Waals surface area contributed by atoms with Crippen LogP contribution in [0.4, 0.5) is 0 Å². The molecule has 18 heavy (non-hydrogen) atoms. The number of hydrogen-bond donors (Lipinski definition) is 1. The molecule has 0 aromatic heterocycles. The van der Waals surface area contributed by atoms with Gasteiger partial charge >= 0.3 is 5.97 Å². The Morgan fingerprint density at radius 1 is 1.00 bits per heavy atom. The minimum Gasteiger partial charge on any atom is -0.481 e. The first kappa shape index (κ1) is 12.8. The van der Waals surface area contributed by atoms with E-state index in [0.29, 0.717) is 0 Å². The molecule has 0 aliphatic carbocycles. The Bertz CT molecular complexity index is 520. The van der Waals surface area contributed by atoms with Crippen LogP contribution in [-0.2, 0) is 4.79 Å². The lowest BCUT2D eigenvalue weighted by Gasteiger charge is -2.16. The molecule has 0 heterocycles. The van der Waals surface area contributed by atoms with E-state index >= 15 is 0 Å². The molecule has 2 aromatic rings. The average molecular weight is 305 g/mol. The molecule has 3 heteroatoms. The Kier molecular flexibility index (Phi) is 4.15. The van der Waals surface area contributed by atoms with Crippen molar-refractivity contribution in [2.45, 2.75) is 12.3 Å². The maximum absolute atomic E-state index is 11.0. The quantitative estimate of drug-likeness (QED) is 0.925. The van der Waals surface area contributed by atoms with E-state index in [-0.39, 0.29) is 12.3 Å². The van der Waals surface area contributed by atoms with Gasteiger partial charge in [-0.3, -0.25) is 4.79 Å². The standard InChI is InChI=1S/C15H13BrO2/c16-13-8-6-12(7-9-13)14(10-15(17)18)11-4-2-1-3-5-11/h1-9,14H,10H2,(H,17,18)/t14-/m1/s1. The molecule has 0 spiro atoms. The van der Waals surface area contributed by atoms with Crippen LogP contribution < -0.4 is 0 Å². The molecule has 92 valence electrons. The first-order valence-electron chi connectivity index (χ1n) is 5.69. The average Bonchev–Trinajstić information content (AvgIpc) is 2.38. The zero-order valence-corrected chi connectivity index (χ0v) is 11.3. The van der Waals surface area contributed by atoms with Crippen LogP contribution in [0, 0.1) is 0 Å². The molecule has 0 radical (unpaired) electrons. The van der Waals surface area contributed by atoms with Crippen molar-refractivity contribution in [1.82, 2.24) is 0 Å². The lowest BCUT2D eigenvalue weighted by Crippen LogP contribution is -2.07. The number of carboxylic acids is 1. The van der Waals surface area contributed by atoms with Crippen molar-refractivity contribution in [3.8, 4) is 0 Å². The smallest absolute Gasteiger partial charge is 0.304 e. The van der Waals surface area contributed by atoms with Crippen LogP contribution in [0.1, 0.15) is 23.5 Å². The van der Waals surface area contributed by atoms with Crippen LogP contribution in [0.3, 0.4) is 0 Å². The molecular weight excluding hydrogens is 292 g/mol. The molecule has 1 N–H and O–H groups in total. The van der Waals surface area contributed by atoms with Crippen LogP contribution >= 0.6 is 15.9 Å². The molecule has 2 aromatic carbocycles. The summed E-state index contributed by atoms with van der Waals surface area (Å²) in [4.78, 5) is 11.0. The van der Waals surface area contributed by atoms with Crippen molar-refractivity contribution < 1.29 is 9.90 Å². The Balaban J connectivity index is 2.36. The van der Waals surface area contributed by atoms with Gasteiger partial charge in [0.25, 0.3) is 0 Å². The normalized spacial score (nSPS) is 12.1. The van der Waals surface area contributed by atoms with E-state index in [2.05, 4.69) is 15.9 Å². The topological polar surface area (TPSA) is 37.3 Å². The fraction of sp³-hybridized carbons (Fsp3) is 0.133.